The van der Waals surface area contributed by atoms with Crippen LogP contribution in [-0.2, 0) is 9.59 Å². The van der Waals surface area contributed by atoms with Crippen LogP contribution in [0.15, 0.2) is 36.4 Å². The molecule has 0 aliphatic heterocycles. The summed E-state index contributed by atoms with van der Waals surface area (Å²) in [6.45, 7) is -2.55. The third-order valence-corrected chi connectivity index (χ3v) is 3.47. The number of nitrogens with one attached hydrogen (secondary N) is 3. The van der Waals surface area contributed by atoms with Gasteiger partial charge in [-0.15, -0.1) is 0 Å². The van der Waals surface area contributed by atoms with Crippen molar-refractivity contribution >= 4 is 23.2 Å². The van der Waals surface area contributed by atoms with E-state index in [0.717, 1.165) is 6.07 Å². The second kappa shape index (κ2) is 9.85. The molecule has 0 atom stereocenters. The van der Waals surface area contributed by atoms with Crippen molar-refractivity contribution in [2.45, 2.75) is 6.18 Å². The molecule has 12 heteroatoms. The first-order valence-corrected chi connectivity index (χ1v) is 8.29. The molecule has 0 aromatic heterocycles. The van der Waals surface area contributed by atoms with E-state index in [2.05, 4.69) is 15.4 Å². The van der Waals surface area contributed by atoms with E-state index in [1.165, 1.54) is 24.3 Å². The van der Waals surface area contributed by atoms with E-state index in [0.29, 0.717) is 6.07 Å². The van der Waals surface area contributed by atoms with Crippen molar-refractivity contribution in [1.29, 1.82) is 0 Å². The first kappa shape index (κ1) is 22.8. The lowest BCUT2D eigenvalue weighted by atomic mass is 10.2. The summed E-state index contributed by atoms with van der Waals surface area (Å²) in [4.78, 5) is 23.5. The molecular weight excluding hydrogens is 420 g/mol. The summed E-state index contributed by atoms with van der Waals surface area (Å²) in [5, 5.41) is 6.69. The summed E-state index contributed by atoms with van der Waals surface area (Å²) in [6.07, 6.45) is -4.54. The van der Waals surface area contributed by atoms with Gasteiger partial charge < -0.3 is 20.7 Å². The quantitative estimate of drug-likeness (QED) is 0.440. The van der Waals surface area contributed by atoms with Gasteiger partial charge in [-0.2, -0.15) is 13.2 Å². The molecule has 0 bridgehead atoms. The van der Waals surface area contributed by atoms with Crippen LogP contribution in [-0.4, -0.2) is 37.7 Å². The van der Waals surface area contributed by atoms with Gasteiger partial charge in [-0.1, -0.05) is 12.1 Å². The van der Waals surface area contributed by atoms with Gasteiger partial charge in [-0.3, -0.25) is 9.59 Å². The molecular formula is C18H15F6N3O3. The van der Waals surface area contributed by atoms with Gasteiger partial charge in [0.05, 0.1) is 24.5 Å². The maximum absolute atomic E-state index is 13.5. The molecule has 2 aromatic carbocycles. The van der Waals surface area contributed by atoms with Crippen molar-refractivity contribution in [3.8, 4) is 5.75 Å². The van der Waals surface area contributed by atoms with Crippen molar-refractivity contribution in [3.05, 3.63) is 53.8 Å². The van der Waals surface area contributed by atoms with Gasteiger partial charge in [0.15, 0.2) is 24.1 Å². The average molecular weight is 435 g/mol. The molecule has 2 amide bonds. The molecule has 0 saturated heterocycles. The summed E-state index contributed by atoms with van der Waals surface area (Å²) < 4.78 is 80.9. The second-order valence-corrected chi connectivity index (χ2v) is 5.80. The number of carbonyl (C=O) groups is 2. The van der Waals surface area contributed by atoms with Gasteiger partial charge in [-0.05, 0) is 24.3 Å². The highest BCUT2D eigenvalue weighted by molar-refractivity contribution is 5.95. The van der Waals surface area contributed by atoms with Crippen LogP contribution in [0, 0.1) is 17.5 Å². The number of rotatable bonds is 8. The van der Waals surface area contributed by atoms with Gasteiger partial charge in [0.2, 0.25) is 11.8 Å². The van der Waals surface area contributed by atoms with E-state index in [1.807, 2.05) is 5.32 Å². The first-order chi connectivity index (χ1) is 14.1. The highest BCUT2D eigenvalue weighted by Crippen LogP contribution is 2.26. The number of hydrogen-bond donors (Lipinski definition) is 3. The average Bonchev–Trinajstić information content (AvgIpc) is 2.69. The van der Waals surface area contributed by atoms with E-state index in [1.54, 1.807) is 0 Å². The highest BCUT2D eigenvalue weighted by atomic mass is 19.4. The largest absolute Gasteiger partial charge is 0.482 e. The van der Waals surface area contributed by atoms with E-state index in [-0.39, 0.29) is 11.4 Å². The van der Waals surface area contributed by atoms with Crippen molar-refractivity contribution in [3.63, 3.8) is 0 Å². The number of alkyl halides is 3. The minimum absolute atomic E-state index is 0.116. The molecule has 0 unspecified atom stereocenters. The molecule has 30 heavy (non-hydrogen) atoms. The van der Waals surface area contributed by atoms with Gasteiger partial charge in [0, 0.05) is 0 Å². The maximum Gasteiger partial charge on any atom is 0.422 e. The fourth-order valence-electron chi connectivity index (χ4n) is 2.13. The monoisotopic (exact) mass is 435 g/mol. The molecule has 2 rings (SSSR count). The van der Waals surface area contributed by atoms with Crippen LogP contribution in [0.1, 0.15) is 0 Å². The summed E-state index contributed by atoms with van der Waals surface area (Å²) in [7, 11) is 0. The van der Waals surface area contributed by atoms with Gasteiger partial charge in [0.1, 0.15) is 5.75 Å². The van der Waals surface area contributed by atoms with Crippen LogP contribution >= 0.6 is 0 Å². The molecule has 0 aliphatic carbocycles. The van der Waals surface area contributed by atoms with Crippen LogP contribution in [0.2, 0.25) is 0 Å². The Morgan fingerprint density at radius 1 is 0.867 bits per heavy atom. The number of amides is 2. The van der Waals surface area contributed by atoms with Gasteiger partial charge in [0.25, 0.3) is 0 Å². The zero-order chi connectivity index (χ0) is 22.3. The van der Waals surface area contributed by atoms with Gasteiger partial charge in [-0.25, -0.2) is 13.2 Å². The Morgan fingerprint density at radius 3 is 2.27 bits per heavy atom. The Bertz CT molecular complexity index is 921. The van der Waals surface area contributed by atoms with Crippen molar-refractivity contribution in [1.82, 2.24) is 5.32 Å². The summed E-state index contributed by atoms with van der Waals surface area (Å²) in [5.74, 6) is -6.54. The van der Waals surface area contributed by atoms with Crippen LogP contribution in [0.25, 0.3) is 0 Å². The third-order valence-electron chi connectivity index (χ3n) is 3.47. The fourth-order valence-corrected chi connectivity index (χ4v) is 2.13. The molecule has 0 aliphatic rings. The van der Waals surface area contributed by atoms with Crippen LogP contribution in [0.3, 0.4) is 0 Å². The first-order valence-electron chi connectivity index (χ1n) is 8.29. The van der Waals surface area contributed by atoms with Crippen molar-refractivity contribution in [2.24, 2.45) is 0 Å². The lowest BCUT2D eigenvalue weighted by molar-refractivity contribution is -0.153. The summed E-state index contributed by atoms with van der Waals surface area (Å²) in [5.41, 5.74) is -0.493. The molecule has 2 aromatic rings. The molecule has 3 N–H and O–H groups in total. The van der Waals surface area contributed by atoms with Crippen LogP contribution in [0.4, 0.5) is 37.7 Å². The van der Waals surface area contributed by atoms with E-state index in [9.17, 15) is 35.9 Å². The maximum atomic E-state index is 13.5. The topological polar surface area (TPSA) is 79.5 Å². The van der Waals surface area contributed by atoms with E-state index in [4.69, 9.17) is 0 Å². The Labute approximate surface area is 166 Å². The van der Waals surface area contributed by atoms with E-state index < -0.39 is 60.8 Å². The number of anilines is 2. The Kier molecular flexibility index (Phi) is 7.50. The number of hydrogen-bond acceptors (Lipinski definition) is 4. The predicted octanol–water partition coefficient (Wildman–Crippen LogP) is 3.21. The minimum Gasteiger partial charge on any atom is -0.482 e. The molecule has 0 heterocycles. The molecule has 0 radical (unpaired) electrons. The number of para-hydroxylation sites is 2. The third kappa shape index (κ3) is 6.87. The zero-order valence-corrected chi connectivity index (χ0v) is 15.1. The van der Waals surface area contributed by atoms with Crippen LogP contribution in [0.5, 0.6) is 5.75 Å². The number of benzene rings is 2. The SMILES string of the molecule is O=C(CNc1ccccc1OCC(F)(F)F)NCC(=O)Nc1ccc(F)c(F)c1F. The smallest absolute Gasteiger partial charge is 0.422 e. The second-order valence-electron chi connectivity index (χ2n) is 5.80. The molecule has 162 valence electrons. The predicted molar refractivity (Wildman–Crippen MR) is 94.4 cm³/mol. The minimum atomic E-state index is -4.54. The molecule has 0 fully saturated rings. The summed E-state index contributed by atoms with van der Waals surface area (Å²) >= 11 is 0. The lowest BCUT2D eigenvalue weighted by Crippen LogP contribution is -2.36. The van der Waals surface area contributed by atoms with Gasteiger partial charge >= 0.3 is 6.18 Å². The Hall–Kier alpha value is -3.44. The normalized spacial score (nSPS) is 11.0. The molecule has 0 saturated carbocycles. The summed E-state index contributed by atoms with van der Waals surface area (Å²) in [6, 6.07) is 7.04. The standard InChI is InChI=1S/C18H15F6N3O3/c19-10-5-6-12(17(21)16(10)20)27-15(29)8-26-14(28)7-25-11-3-1-2-4-13(11)30-9-18(22,23)24/h1-6,25H,7-9H2,(H,26,28)(H,27,29). The van der Waals surface area contributed by atoms with Crippen molar-refractivity contribution < 1.29 is 40.7 Å². The lowest BCUT2D eigenvalue weighted by Gasteiger charge is -2.14. The molecule has 6 nitrogen and oxygen atoms in total. The molecule has 0 spiro atoms. The Balaban J connectivity index is 1.83. The van der Waals surface area contributed by atoms with Crippen LogP contribution < -0.4 is 20.7 Å². The zero-order valence-electron chi connectivity index (χ0n) is 15.1. The number of carbonyl (C=O) groups excluding carboxylic acids is 2. The highest BCUT2D eigenvalue weighted by Gasteiger charge is 2.28. The van der Waals surface area contributed by atoms with Crippen molar-refractivity contribution in [2.75, 3.05) is 30.3 Å². The van der Waals surface area contributed by atoms with E-state index >= 15 is 0 Å². The fraction of sp³-hybridized carbons (Fsp3) is 0.222. The Morgan fingerprint density at radius 2 is 1.57 bits per heavy atom. The number of ether oxygens (including phenoxy) is 1. The number of halogens is 6.